The third kappa shape index (κ3) is 2.27. The molecule has 3 aromatic heterocycles. The number of fused-ring (bicyclic) bond motifs is 1. The van der Waals surface area contributed by atoms with Crippen molar-refractivity contribution in [2.45, 2.75) is 25.8 Å². The molecule has 0 spiro atoms. The molecule has 0 saturated heterocycles. The number of nitrogen functional groups attached to an aromatic ring is 1. The van der Waals surface area contributed by atoms with Crippen molar-refractivity contribution < 1.29 is 0 Å². The second-order valence-electron chi connectivity index (χ2n) is 5.41. The number of anilines is 1. The minimum Gasteiger partial charge on any atom is -0.369 e. The Kier molecular flexibility index (Phi) is 3.18. The molecule has 4 nitrogen and oxygen atoms in total. The van der Waals surface area contributed by atoms with Crippen LogP contribution in [0.1, 0.15) is 18.7 Å². The summed E-state index contributed by atoms with van der Waals surface area (Å²) in [6.45, 7) is 5.12. The molecular formula is C14H15ClN4S. The van der Waals surface area contributed by atoms with E-state index >= 15 is 0 Å². The van der Waals surface area contributed by atoms with Gasteiger partial charge in [0.1, 0.15) is 5.52 Å². The van der Waals surface area contributed by atoms with Gasteiger partial charge in [0.25, 0.3) is 0 Å². The van der Waals surface area contributed by atoms with Gasteiger partial charge in [-0.3, -0.25) is 4.57 Å². The highest BCUT2D eigenvalue weighted by Crippen LogP contribution is 2.31. The van der Waals surface area contributed by atoms with Gasteiger partial charge in [0, 0.05) is 23.0 Å². The van der Waals surface area contributed by atoms with Crippen LogP contribution in [0.2, 0.25) is 5.02 Å². The van der Waals surface area contributed by atoms with Crippen LogP contribution in [-0.2, 0) is 12.0 Å². The second-order valence-corrected chi connectivity index (χ2v) is 6.80. The maximum absolute atomic E-state index is 6.04. The standard InChI is InChI=1S/C14H15ClN4S/c1-14(2,11-4-3-5-20-11)8-19-12-10(18-13(19)16)6-9(15)7-17-12/h3-7H,8H2,1-2H3,(H2,16,18). The summed E-state index contributed by atoms with van der Waals surface area (Å²) in [5.41, 5.74) is 7.51. The molecule has 0 aromatic carbocycles. The first-order valence-electron chi connectivity index (χ1n) is 6.28. The number of thiophene rings is 1. The average Bonchev–Trinajstić information content (AvgIpc) is 2.99. The number of rotatable bonds is 3. The molecule has 6 heteroatoms. The lowest BCUT2D eigenvalue weighted by atomic mass is 9.91. The number of hydrogen-bond acceptors (Lipinski definition) is 4. The molecule has 0 fully saturated rings. The van der Waals surface area contributed by atoms with Gasteiger partial charge >= 0.3 is 0 Å². The molecule has 0 unspecified atom stereocenters. The largest absolute Gasteiger partial charge is 0.369 e. The van der Waals surface area contributed by atoms with Crippen LogP contribution in [0.5, 0.6) is 0 Å². The zero-order valence-electron chi connectivity index (χ0n) is 11.3. The molecule has 0 saturated carbocycles. The fourth-order valence-electron chi connectivity index (χ4n) is 2.30. The fraction of sp³-hybridized carbons (Fsp3) is 0.286. The van der Waals surface area contributed by atoms with Crippen LogP contribution in [-0.4, -0.2) is 14.5 Å². The van der Waals surface area contributed by atoms with Gasteiger partial charge in [-0.25, -0.2) is 9.97 Å². The maximum Gasteiger partial charge on any atom is 0.202 e. The molecule has 3 rings (SSSR count). The SMILES string of the molecule is CC(C)(Cn1c(N)nc2cc(Cl)cnc21)c1cccs1. The second kappa shape index (κ2) is 4.75. The van der Waals surface area contributed by atoms with E-state index < -0.39 is 0 Å². The zero-order valence-corrected chi connectivity index (χ0v) is 12.9. The van der Waals surface area contributed by atoms with Crippen LogP contribution in [0.25, 0.3) is 11.2 Å². The smallest absolute Gasteiger partial charge is 0.202 e. The van der Waals surface area contributed by atoms with E-state index in [1.807, 2.05) is 4.57 Å². The highest BCUT2D eigenvalue weighted by atomic mass is 35.5. The Balaban J connectivity index is 2.05. The van der Waals surface area contributed by atoms with Crippen molar-refractivity contribution in [1.29, 1.82) is 0 Å². The highest BCUT2D eigenvalue weighted by molar-refractivity contribution is 7.10. The van der Waals surface area contributed by atoms with Crippen molar-refractivity contribution in [1.82, 2.24) is 14.5 Å². The third-order valence-electron chi connectivity index (χ3n) is 3.32. The van der Waals surface area contributed by atoms with E-state index in [-0.39, 0.29) is 5.41 Å². The van der Waals surface area contributed by atoms with E-state index in [0.717, 1.165) is 17.7 Å². The zero-order chi connectivity index (χ0) is 14.3. The molecule has 0 aliphatic rings. The summed E-state index contributed by atoms with van der Waals surface area (Å²) in [5.74, 6) is 0.472. The summed E-state index contributed by atoms with van der Waals surface area (Å²) in [4.78, 5) is 10.0. The average molecular weight is 307 g/mol. The van der Waals surface area contributed by atoms with Crippen LogP contribution >= 0.6 is 22.9 Å². The number of imidazole rings is 1. The van der Waals surface area contributed by atoms with Gasteiger partial charge in [0.05, 0.1) is 5.02 Å². The third-order valence-corrected chi connectivity index (χ3v) is 4.77. The molecule has 0 amide bonds. The molecule has 2 N–H and O–H groups in total. The van der Waals surface area contributed by atoms with Gasteiger partial charge in [0.2, 0.25) is 5.95 Å². The van der Waals surface area contributed by atoms with Gasteiger partial charge < -0.3 is 5.73 Å². The van der Waals surface area contributed by atoms with Crippen molar-refractivity contribution in [2.75, 3.05) is 5.73 Å². The molecular weight excluding hydrogens is 292 g/mol. The summed E-state index contributed by atoms with van der Waals surface area (Å²) < 4.78 is 1.95. The van der Waals surface area contributed by atoms with E-state index in [2.05, 4.69) is 41.3 Å². The maximum atomic E-state index is 6.04. The number of hydrogen-bond donors (Lipinski definition) is 1. The van der Waals surface area contributed by atoms with E-state index in [4.69, 9.17) is 17.3 Å². The van der Waals surface area contributed by atoms with Gasteiger partial charge in [-0.05, 0) is 17.5 Å². The van der Waals surface area contributed by atoms with Crippen LogP contribution in [0.4, 0.5) is 5.95 Å². The lowest BCUT2D eigenvalue weighted by molar-refractivity contribution is 0.451. The lowest BCUT2D eigenvalue weighted by Crippen LogP contribution is -2.24. The molecule has 3 heterocycles. The van der Waals surface area contributed by atoms with Crippen molar-refractivity contribution >= 4 is 40.0 Å². The van der Waals surface area contributed by atoms with Crippen LogP contribution in [0, 0.1) is 0 Å². The van der Waals surface area contributed by atoms with Crippen molar-refractivity contribution in [3.8, 4) is 0 Å². The Morgan fingerprint density at radius 2 is 2.25 bits per heavy atom. The monoisotopic (exact) mass is 306 g/mol. The first kappa shape index (κ1) is 13.4. The Morgan fingerprint density at radius 3 is 2.95 bits per heavy atom. The summed E-state index contributed by atoms with van der Waals surface area (Å²) >= 11 is 7.69. The van der Waals surface area contributed by atoms with Crippen molar-refractivity contribution in [3.05, 3.63) is 39.7 Å². The summed E-state index contributed by atoms with van der Waals surface area (Å²) in [7, 11) is 0. The van der Waals surface area contributed by atoms with E-state index in [1.165, 1.54) is 4.88 Å². The van der Waals surface area contributed by atoms with Gasteiger partial charge in [0.15, 0.2) is 5.65 Å². The van der Waals surface area contributed by atoms with Crippen molar-refractivity contribution in [2.24, 2.45) is 0 Å². The predicted octanol–water partition coefficient (Wildman–Crippen LogP) is 3.71. The number of pyridine rings is 1. The molecule has 0 aliphatic carbocycles. The molecule has 0 aliphatic heterocycles. The van der Waals surface area contributed by atoms with E-state index in [1.54, 1.807) is 23.6 Å². The predicted molar refractivity (Wildman–Crippen MR) is 84.3 cm³/mol. The minimum absolute atomic E-state index is 0.0305. The van der Waals surface area contributed by atoms with Crippen LogP contribution in [0.15, 0.2) is 29.8 Å². The highest BCUT2D eigenvalue weighted by Gasteiger charge is 2.25. The number of halogens is 1. The van der Waals surface area contributed by atoms with Crippen molar-refractivity contribution in [3.63, 3.8) is 0 Å². The Hall–Kier alpha value is -1.59. The molecule has 104 valence electrons. The summed E-state index contributed by atoms with van der Waals surface area (Å²) in [6.07, 6.45) is 1.62. The molecule has 3 aromatic rings. The normalized spacial score (nSPS) is 12.2. The van der Waals surface area contributed by atoms with Crippen LogP contribution in [0.3, 0.4) is 0 Å². The van der Waals surface area contributed by atoms with E-state index in [0.29, 0.717) is 11.0 Å². The molecule has 0 atom stereocenters. The Morgan fingerprint density at radius 1 is 1.45 bits per heavy atom. The Bertz CT molecular complexity index is 746. The molecule has 0 radical (unpaired) electrons. The molecule has 20 heavy (non-hydrogen) atoms. The topological polar surface area (TPSA) is 56.7 Å². The number of nitrogens with two attached hydrogens (primary N) is 1. The first-order chi connectivity index (χ1) is 9.47. The van der Waals surface area contributed by atoms with Gasteiger partial charge in [-0.2, -0.15) is 0 Å². The van der Waals surface area contributed by atoms with Gasteiger partial charge in [-0.1, -0.05) is 31.5 Å². The summed E-state index contributed by atoms with van der Waals surface area (Å²) in [5, 5.41) is 2.66. The lowest BCUT2D eigenvalue weighted by Gasteiger charge is -2.24. The van der Waals surface area contributed by atoms with E-state index in [9.17, 15) is 0 Å². The minimum atomic E-state index is -0.0305. The molecule has 0 bridgehead atoms. The fourth-order valence-corrected chi connectivity index (χ4v) is 3.29. The first-order valence-corrected chi connectivity index (χ1v) is 7.54. The quantitative estimate of drug-likeness (QED) is 0.802. The number of nitrogens with zero attached hydrogens (tertiary/aromatic N) is 3. The number of aromatic nitrogens is 3. The Labute approximate surface area is 126 Å². The summed E-state index contributed by atoms with van der Waals surface area (Å²) in [6, 6.07) is 5.99. The van der Waals surface area contributed by atoms with Crippen LogP contribution < -0.4 is 5.73 Å². The van der Waals surface area contributed by atoms with Gasteiger partial charge in [-0.15, -0.1) is 11.3 Å².